The summed E-state index contributed by atoms with van der Waals surface area (Å²) in [5, 5.41) is 0. The highest BCUT2D eigenvalue weighted by molar-refractivity contribution is 5.97. The molecular weight excluding hydrogens is 581 g/mol. The molecule has 0 saturated carbocycles. The van der Waals surface area contributed by atoms with Crippen molar-refractivity contribution in [3.05, 3.63) is 193 Å². The molecule has 2 nitrogen and oxygen atoms in total. The molecule has 6 aromatic carbocycles. The van der Waals surface area contributed by atoms with Gasteiger partial charge in [0.1, 0.15) is 0 Å². The van der Waals surface area contributed by atoms with Gasteiger partial charge in [-0.25, -0.2) is 9.97 Å². The topological polar surface area (TPSA) is 25.8 Å². The Labute approximate surface area is 281 Å². The first kappa shape index (κ1) is 28.1. The Hall–Kier alpha value is -6.12. The van der Waals surface area contributed by atoms with Gasteiger partial charge in [0, 0.05) is 22.6 Å². The fraction of sp³-hybridized carbons (Fsp3) is 0.0435. The first-order chi connectivity index (χ1) is 23.8. The second kappa shape index (κ2) is 11.9. The molecule has 0 saturated heterocycles. The van der Waals surface area contributed by atoms with E-state index in [4.69, 9.17) is 9.97 Å². The number of fused-ring (bicyclic) bond motifs is 6. The van der Waals surface area contributed by atoms with Crippen molar-refractivity contribution in [3.63, 3.8) is 0 Å². The van der Waals surface area contributed by atoms with Crippen LogP contribution in [0.3, 0.4) is 0 Å². The van der Waals surface area contributed by atoms with Gasteiger partial charge in [0.25, 0.3) is 0 Å². The maximum Gasteiger partial charge on any atom is 0.161 e. The van der Waals surface area contributed by atoms with Crippen molar-refractivity contribution < 1.29 is 0 Å². The number of benzene rings is 6. The predicted molar refractivity (Wildman–Crippen MR) is 199 cm³/mol. The first-order valence-electron chi connectivity index (χ1n) is 16.6. The minimum Gasteiger partial charge on any atom is -0.228 e. The van der Waals surface area contributed by atoms with Gasteiger partial charge in [0.15, 0.2) is 5.82 Å². The molecule has 0 bridgehead atoms. The van der Waals surface area contributed by atoms with E-state index in [1.165, 1.54) is 39.0 Å². The molecule has 2 heteroatoms. The number of hydrogen-bond acceptors (Lipinski definition) is 2. The van der Waals surface area contributed by atoms with Crippen LogP contribution in [-0.4, -0.2) is 9.97 Å². The van der Waals surface area contributed by atoms with Gasteiger partial charge >= 0.3 is 0 Å². The molecule has 0 spiro atoms. The van der Waals surface area contributed by atoms with E-state index in [2.05, 4.69) is 164 Å². The fourth-order valence-corrected chi connectivity index (χ4v) is 7.35. The van der Waals surface area contributed by atoms with E-state index in [0.717, 1.165) is 51.5 Å². The van der Waals surface area contributed by atoms with Gasteiger partial charge in [-0.05, 0) is 68.6 Å². The van der Waals surface area contributed by atoms with E-state index in [1.54, 1.807) is 0 Å². The molecule has 1 aromatic heterocycles. The molecule has 0 aliphatic heterocycles. The first-order valence-corrected chi connectivity index (χ1v) is 16.6. The Bertz CT molecular complexity index is 2310. The third-order valence-corrected chi connectivity index (χ3v) is 9.66. The van der Waals surface area contributed by atoms with Crippen LogP contribution in [0.25, 0.3) is 67.3 Å². The fourth-order valence-electron chi connectivity index (χ4n) is 7.35. The van der Waals surface area contributed by atoms with Crippen molar-refractivity contribution in [2.24, 2.45) is 0 Å². The average Bonchev–Trinajstić information content (AvgIpc) is 3.18. The summed E-state index contributed by atoms with van der Waals surface area (Å²) >= 11 is 0. The van der Waals surface area contributed by atoms with Gasteiger partial charge in [-0.1, -0.05) is 164 Å². The summed E-state index contributed by atoms with van der Waals surface area (Å²) in [6.45, 7) is 0. The van der Waals surface area contributed by atoms with Crippen LogP contribution in [0.5, 0.6) is 0 Å². The summed E-state index contributed by atoms with van der Waals surface area (Å²) in [5.74, 6) is 1.09. The average molecular weight is 613 g/mol. The number of hydrogen-bond donors (Lipinski definition) is 0. The SMILES string of the molecule is C1=C(c2cccc(-c3ccccc3-c3nc(-c4ccccc4)cc(-c4ccccc4)n3)c2)C=C2c3ccccc3-c3ccccc3C2C1. The van der Waals surface area contributed by atoms with Gasteiger partial charge in [-0.3, -0.25) is 0 Å². The van der Waals surface area contributed by atoms with Gasteiger partial charge in [0.2, 0.25) is 0 Å². The third kappa shape index (κ3) is 4.99. The lowest BCUT2D eigenvalue weighted by molar-refractivity contribution is 0.871. The molecule has 226 valence electrons. The molecule has 0 radical (unpaired) electrons. The van der Waals surface area contributed by atoms with Crippen LogP contribution in [0.2, 0.25) is 0 Å². The summed E-state index contributed by atoms with van der Waals surface area (Å²) in [5.41, 5.74) is 16.6. The van der Waals surface area contributed by atoms with Gasteiger partial charge < -0.3 is 0 Å². The van der Waals surface area contributed by atoms with Crippen LogP contribution in [0.4, 0.5) is 0 Å². The minimum absolute atomic E-state index is 0.372. The van der Waals surface area contributed by atoms with Crippen molar-refractivity contribution in [1.29, 1.82) is 0 Å². The quantitative estimate of drug-likeness (QED) is 0.193. The van der Waals surface area contributed by atoms with E-state index in [-0.39, 0.29) is 0 Å². The molecule has 9 rings (SSSR count). The van der Waals surface area contributed by atoms with Crippen LogP contribution in [-0.2, 0) is 0 Å². The molecule has 1 heterocycles. The minimum atomic E-state index is 0.372. The predicted octanol–water partition coefficient (Wildman–Crippen LogP) is 11.8. The molecule has 2 aliphatic carbocycles. The zero-order chi connectivity index (χ0) is 31.9. The molecule has 1 atom stereocenters. The van der Waals surface area contributed by atoms with E-state index in [9.17, 15) is 0 Å². The summed E-state index contributed by atoms with van der Waals surface area (Å²) in [6, 6.07) is 58.0. The zero-order valence-corrected chi connectivity index (χ0v) is 26.4. The van der Waals surface area contributed by atoms with Gasteiger partial charge in [-0.15, -0.1) is 0 Å². The Balaban J connectivity index is 1.13. The number of allylic oxidation sites excluding steroid dienone is 4. The number of aromatic nitrogens is 2. The third-order valence-electron chi connectivity index (χ3n) is 9.66. The van der Waals surface area contributed by atoms with Crippen LogP contribution < -0.4 is 0 Å². The summed E-state index contributed by atoms with van der Waals surface area (Å²) in [6.07, 6.45) is 5.82. The van der Waals surface area contributed by atoms with E-state index >= 15 is 0 Å². The van der Waals surface area contributed by atoms with Crippen LogP contribution >= 0.6 is 0 Å². The maximum absolute atomic E-state index is 5.15. The lowest BCUT2D eigenvalue weighted by Gasteiger charge is -2.32. The normalized spacial score (nSPS) is 14.6. The maximum atomic E-state index is 5.15. The van der Waals surface area contributed by atoms with Crippen molar-refractivity contribution in [3.8, 4) is 56.2 Å². The van der Waals surface area contributed by atoms with Crippen LogP contribution in [0, 0.1) is 0 Å². The number of nitrogens with zero attached hydrogens (tertiary/aromatic N) is 2. The van der Waals surface area contributed by atoms with Crippen molar-refractivity contribution in [2.45, 2.75) is 12.3 Å². The number of rotatable bonds is 5. The highest BCUT2D eigenvalue weighted by Crippen LogP contribution is 2.51. The largest absolute Gasteiger partial charge is 0.228 e. The zero-order valence-electron chi connectivity index (χ0n) is 26.4. The Morgan fingerprint density at radius 1 is 0.417 bits per heavy atom. The second-order valence-electron chi connectivity index (χ2n) is 12.5. The molecule has 0 N–H and O–H groups in total. The second-order valence-corrected chi connectivity index (χ2v) is 12.5. The smallest absolute Gasteiger partial charge is 0.161 e. The van der Waals surface area contributed by atoms with E-state index < -0.39 is 0 Å². The van der Waals surface area contributed by atoms with Crippen LogP contribution in [0.1, 0.15) is 29.0 Å². The van der Waals surface area contributed by atoms with Crippen molar-refractivity contribution in [2.75, 3.05) is 0 Å². The molecule has 48 heavy (non-hydrogen) atoms. The lowest BCUT2D eigenvalue weighted by Crippen LogP contribution is -2.12. The van der Waals surface area contributed by atoms with E-state index in [0.29, 0.717) is 5.92 Å². The van der Waals surface area contributed by atoms with Gasteiger partial charge in [0.05, 0.1) is 11.4 Å². The Kier molecular flexibility index (Phi) is 6.98. The highest BCUT2D eigenvalue weighted by Gasteiger charge is 2.30. The summed E-state index contributed by atoms with van der Waals surface area (Å²) in [7, 11) is 0. The molecule has 1 unspecified atom stereocenters. The summed E-state index contributed by atoms with van der Waals surface area (Å²) in [4.78, 5) is 10.3. The standard InChI is InChI=1S/C46H32N2/c1-3-14-31(15-4-1)44-30-45(32-16-5-2-6-17-32)48-46(47-44)42-25-12-7-20-36(42)35-19-13-18-33(28-35)34-26-27-41-39-23-9-8-21-37(39)38-22-10-11-24-40(38)43(41)29-34/h1-26,28-30,41H,27H2. The van der Waals surface area contributed by atoms with Crippen molar-refractivity contribution >= 4 is 11.1 Å². The molecule has 0 fully saturated rings. The summed E-state index contributed by atoms with van der Waals surface area (Å²) < 4.78 is 0. The molecular formula is C46H32N2. The van der Waals surface area contributed by atoms with Crippen LogP contribution in [0.15, 0.2) is 176 Å². The van der Waals surface area contributed by atoms with Gasteiger partial charge in [-0.2, -0.15) is 0 Å². The molecule has 7 aromatic rings. The van der Waals surface area contributed by atoms with Crippen molar-refractivity contribution in [1.82, 2.24) is 9.97 Å². The monoisotopic (exact) mass is 612 g/mol. The highest BCUT2D eigenvalue weighted by atomic mass is 14.9. The molecule has 2 aliphatic rings. The lowest BCUT2D eigenvalue weighted by atomic mass is 9.71. The molecule has 0 amide bonds. The van der Waals surface area contributed by atoms with E-state index in [1.807, 2.05) is 12.1 Å². The Morgan fingerprint density at radius 3 is 1.67 bits per heavy atom. The Morgan fingerprint density at radius 2 is 0.958 bits per heavy atom.